The number of ether oxygens (including phenoxy) is 1. The number of nitrogens with zero attached hydrogens (tertiary/aromatic N) is 3. The number of para-hydroxylation sites is 2. The van der Waals surface area contributed by atoms with Crippen molar-refractivity contribution in [3.8, 4) is 5.75 Å². The zero-order valence-corrected chi connectivity index (χ0v) is 19.4. The zero-order chi connectivity index (χ0) is 24.8. The van der Waals surface area contributed by atoms with E-state index in [1.165, 1.54) is 22.8 Å². The van der Waals surface area contributed by atoms with Crippen molar-refractivity contribution in [2.45, 2.75) is 66.2 Å². The van der Waals surface area contributed by atoms with Gasteiger partial charge in [-0.15, -0.1) is 0 Å². The second kappa shape index (κ2) is 11.1. The minimum Gasteiger partial charge on any atom is -0.433 e. The zero-order valence-electron chi connectivity index (χ0n) is 19.4. The van der Waals surface area contributed by atoms with Crippen molar-refractivity contribution in [2.75, 3.05) is 5.32 Å². The van der Waals surface area contributed by atoms with Crippen molar-refractivity contribution >= 4 is 22.8 Å². The Labute approximate surface area is 194 Å². The number of benzene rings is 1. The molecule has 2 N–H and O–H groups in total. The first-order valence-corrected chi connectivity index (χ1v) is 11.3. The van der Waals surface area contributed by atoms with Gasteiger partial charge in [0.05, 0.1) is 5.69 Å². The number of alkyl halides is 2. The molecular formula is C23H29F2N5O4. The number of nitrogens with one attached hydrogen (secondary N) is 2. The topological polar surface area (TPSA) is 111 Å². The number of aromatic nitrogens is 4. The minimum absolute atomic E-state index is 0.0124. The molecule has 0 aliphatic carbocycles. The fraction of sp³-hybridized carbons (Fsp3) is 0.478. The Bertz CT molecular complexity index is 1260. The lowest BCUT2D eigenvalue weighted by atomic mass is 10.2. The van der Waals surface area contributed by atoms with Gasteiger partial charge in [0.1, 0.15) is 11.6 Å². The van der Waals surface area contributed by atoms with E-state index in [1.807, 2.05) is 20.8 Å². The molecule has 0 atom stereocenters. The summed E-state index contributed by atoms with van der Waals surface area (Å²) in [4.78, 5) is 44.6. The van der Waals surface area contributed by atoms with Gasteiger partial charge in [0.2, 0.25) is 5.91 Å². The van der Waals surface area contributed by atoms with Crippen LogP contribution >= 0.6 is 0 Å². The smallest absolute Gasteiger partial charge is 0.387 e. The average molecular weight is 478 g/mol. The van der Waals surface area contributed by atoms with Crippen LogP contribution in [0, 0.1) is 5.92 Å². The fourth-order valence-corrected chi connectivity index (χ4v) is 3.70. The fourth-order valence-electron chi connectivity index (χ4n) is 3.70. The Kier molecular flexibility index (Phi) is 8.19. The molecule has 0 saturated carbocycles. The van der Waals surface area contributed by atoms with Gasteiger partial charge in [0, 0.05) is 25.9 Å². The molecule has 34 heavy (non-hydrogen) atoms. The number of aromatic amines is 1. The molecule has 2 heterocycles. The Morgan fingerprint density at radius 3 is 2.62 bits per heavy atom. The SMILES string of the molecule is CCCCn1c(=O)[nH]c(=O)c2c1nc(CCC(=O)Nc1ccccc1OC(F)F)n2CC(C)C. The van der Waals surface area contributed by atoms with Crippen LogP contribution in [-0.2, 0) is 24.3 Å². The molecular weight excluding hydrogens is 448 g/mol. The lowest BCUT2D eigenvalue weighted by molar-refractivity contribution is -0.116. The van der Waals surface area contributed by atoms with Crippen molar-refractivity contribution < 1.29 is 18.3 Å². The highest BCUT2D eigenvalue weighted by Crippen LogP contribution is 2.26. The second-order valence-electron chi connectivity index (χ2n) is 8.39. The average Bonchev–Trinajstić information content (AvgIpc) is 3.11. The predicted octanol–water partition coefficient (Wildman–Crippen LogP) is 3.52. The molecule has 0 fully saturated rings. The quantitative estimate of drug-likeness (QED) is 0.439. The van der Waals surface area contributed by atoms with Gasteiger partial charge in [-0.05, 0) is 24.5 Å². The lowest BCUT2D eigenvalue weighted by Crippen LogP contribution is -2.31. The van der Waals surface area contributed by atoms with E-state index >= 15 is 0 Å². The van der Waals surface area contributed by atoms with Crippen LogP contribution in [0.25, 0.3) is 11.2 Å². The Morgan fingerprint density at radius 1 is 1.21 bits per heavy atom. The number of amides is 1. The van der Waals surface area contributed by atoms with Crippen molar-refractivity contribution in [2.24, 2.45) is 5.92 Å². The van der Waals surface area contributed by atoms with E-state index in [0.717, 1.165) is 12.8 Å². The number of hydrogen-bond donors (Lipinski definition) is 2. The predicted molar refractivity (Wildman–Crippen MR) is 124 cm³/mol. The van der Waals surface area contributed by atoms with Gasteiger partial charge in [0.15, 0.2) is 11.2 Å². The van der Waals surface area contributed by atoms with Gasteiger partial charge >= 0.3 is 12.3 Å². The molecule has 0 unspecified atom stereocenters. The summed E-state index contributed by atoms with van der Waals surface area (Å²) in [6, 6.07) is 5.93. The van der Waals surface area contributed by atoms with Crippen LogP contribution in [0.5, 0.6) is 5.75 Å². The maximum absolute atomic E-state index is 12.7. The van der Waals surface area contributed by atoms with E-state index in [-0.39, 0.29) is 30.2 Å². The molecule has 1 amide bonds. The van der Waals surface area contributed by atoms with E-state index in [2.05, 4.69) is 20.0 Å². The van der Waals surface area contributed by atoms with E-state index in [1.54, 1.807) is 10.6 Å². The Hall–Kier alpha value is -3.50. The minimum atomic E-state index is -3.02. The monoisotopic (exact) mass is 477 g/mol. The first-order chi connectivity index (χ1) is 16.2. The van der Waals surface area contributed by atoms with Gasteiger partial charge in [0.25, 0.3) is 5.56 Å². The lowest BCUT2D eigenvalue weighted by Gasteiger charge is -2.13. The number of halogens is 2. The maximum atomic E-state index is 12.7. The normalized spacial score (nSPS) is 11.5. The highest BCUT2D eigenvalue weighted by atomic mass is 19.3. The number of imidazole rings is 1. The molecule has 11 heteroatoms. The number of unbranched alkanes of at least 4 members (excludes halogenated alkanes) is 1. The summed E-state index contributed by atoms with van der Waals surface area (Å²) in [7, 11) is 0. The number of carbonyl (C=O) groups is 1. The van der Waals surface area contributed by atoms with Crippen LogP contribution in [0.1, 0.15) is 45.9 Å². The summed E-state index contributed by atoms with van der Waals surface area (Å²) >= 11 is 0. The van der Waals surface area contributed by atoms with Crippen LogP contribution in [0.4, 0.5) is 14.5 Å². The third kappa shape index (κ3) is 5.89. The summed E-state index contributed by atoms with van der Waals surface area (Å²) in [6.07, 6.45) is 1.79. The molecule has 2 aromatic heterocycles. The van der Waals surface area contributed by atoms with Gasteiger partial charge in [-0.2, -0.15) is 8.78 Å². The molecule has 3 rings (SSSR count). The third-order valence-corrected chi connectivity index (χ3v) is 5.20. The first kappa shape index (κ1) is 25.1. The number of aryl methyl sites for hydroxylation is 2. The molecule has 0 bridgehead atoms. The first-order valence-electron chi connectivity index (χ1n) is 11.3. The van der Waals surface area contributed by atoms with Crippen molar-refractivity contribution in [1.29, 1.82) is 0 Å². The van der Waals surface area contributed by atoms with Crippen molar-refractivity contribution in [1.82, 2.24) is 19.1 Å². The molecule has 0 spiro atoms. The molecule has 184 valence electrons. The second-order valence-corrected chi connectivity index (χ2v) is 8.39. The highest BCUT2D eigenvalue weighted by Gasteiger charge is 2.20. The maximum Gasteiger partial charge on any atom is 0.387 e. The van der Waals surface area contributed by atoms with Gasteiger partial charge in [-0.3, -0.25) is 19.1 Å². The standard InChI is InChI=1S/C23H29F2N5O4/c1-4-5-12-29-20-19(21(32)28-23(29)33)30(13-14(2)3)17(27-20)10-11-18(31)26-15-8-6-7-9-16(15)34-22(24)25/h6-9,14,22H,4-5,10-13H2,1-3H3,(H,26,31)(H,28,32,33). The highest BCUT2D eigenvalue weighted by molar-refractivity contribution is 5.92. The van der Waals surface area contributed by atoms with E-state index < -0.39 is 23.8 Å². The van der Waals surface area contributed by atoms with Crippen LogP contribution in [0.2, 0.25) is 0 Å². The molecule has 0 radical (unpaired) electrons. The summed E-state index contributed by atoms with van der Waals surface area (Å²) in [5.41, 5.74) is -0.299. The van der Waals surface area contributed by atoms with Crippen LogP contribution < -0.4 is 21.3 Å². The molecule has 0 aliphatic rings. The van der Waals surface area contributed by atoms with Crippen LogP contribution in [-0.4, -0.2) is 31.6 Å². The molecule has 1 aromatic carbocycles. The van der Waals surface area contributed by atoms with Gasteiger partial charge in [-0.1, -0.05) is 39.3 Å². The van der Waals surface area contributed by atoms with E-state index in [0.29, 0.717) is 30.1 Å². The van der Waals surface area contributed by atoms with Gasteiger partial charge in [-0.25, -0.2) is 9.78 Å². The van der Waals surface area contributed by atoms with E-state index in [4.69, 9.17) is 0 Å². The Morgan fingerprint density at radius 2 is 1.94 bits per heavy atom. The Balaban J connectivity index is 1.89. The molecule has 0 saturated heterocycles. The van der Waals surface area contributed by atoms with Crippen LogP contribution in [0.3, 0.4) is 0 Å². The number of H-pyrrole nitrogens is 1. The number of hydrogen-bond acceptors (Lipinski definition) is 5. The van der Waals surface area contributed by atoms with Crippen molar-refractivity contribution in [3.05, 3.63) is 50.9 Å². The summed E-state index contributed by atoms with van der Waals surface area (Å²) in [5.74, 6) is 0.117. The molecule has 3 aromatic rings. The largest absolute Gasteiger partial charge is 0.433 e. The summed E-state index contributed by atoms with van der Waals surface area (Å²) < 4.78 is 32.9. The molecule has 0 aliphatic heterocycles. The molecule has 9 nitrogen and oxygen atoms in total. The summed E-state index contributed by atoms with van der Waals surface area (Å²) in [6.45, 7) is 3.86. The van der Waals surface area contributed by atoms with Crippen LogP contribution in [0.15, 0.2) is 33.9 Å². The van der Waals surface area contributed by atoms with Crippen molar-refractivity contribution in [3.63, 3.8) is 0 Å². The number of carbonyl (C=O) groups excluding carboxylic acids is 1. The van der Waals surface area contributed by atoms with Gasteiger partial charge < -0.3 is 14.6 Å². The number of fused-ring (bicyclic) bond motifs is 1. The third-order valence-electron chi connectivity index (χ3n) is 5.20. The van der Waals surface area contributed by atoms with E-state index in [9.17, 15) is 23.2 Å². The number of anilines is 1. The summed E-state index contributed by atoms with van der Waals surface area (Å²) in [5, 5.41) is 2.58. The number of rotatable bonds is 11.